The molecule has 3 heteroatoms. The molecule has 1 aliphatic carbocycles. The first-order valence-electron chi connectivity index (χ1n) is 15.1. The molecule has 8 aromatic rings. The van der Waals surface area contributed by atoms with Gasteiger partial charge in [0.25, 0.3) is 0 Å². The van der Waals surface area contributed by atoms with Crippen molar-refractivity contribution in [2.24, 2.45) is 0 Å². The molecule has 0 unspecified atom stereocenters. The molecule has 0 aliphatic heterocycles. The average molecular weight is 565 g/mol. The van der Waals surface area contributed by atoms with Gasteiger partial charge in [0.05, 0.1) is 0 Å². The van der Waals surface area contributed by atoms with Crippen LogP contribution >= 0.6 is 0 Å². The predicted octanol–water partition coefficient (Wildman–Crippen LogP) is 10.8. The number of hydrogen-bond acceptors (Lipinski definition) is 3. The molecular formula is C41H28N2O. The second-order valence-electron chi connectivity index (χ2n) is 12.2. The molecule has 2 aromatic heterocycles. The minimum Gasteiger partial charge on any atom is -0.452 e. The van der Waals surface area contributed by atoms with Crippen molar-refractivity contribution in [2.75, 3.05) is 0 Å². The highest BCUT2D eigenvalue weighted by atomic mass is 16.3. The van der Waals surface area contributed by atoms with Gasteiger partial charge in [-0.1, -0.05) is 135 Å². The third kappa shape index (κ3) is 3.56. The second-order valence-corrected chi connectivity index (χ2v) is 12.2. The number of fused-ring (bicyclic) bond motifs is 8. The van der Waals surface area contributed by atoms with Crippen LogP contribution in [-0.4, -0.2) is 9.97 Å². The molecule has 6 aromatic carbocycles. The molecule has 1 aliphatic rings. The van der Waals surface area contributed by atoms with E-state index >= 15 is 0 Å². The van der Waals surface area contributed by atoms with Crippen LogP contribution in [0.3, 0.4) is 0 Å². The Balaban J connectivity index is 1.18. The number of aromatic nitrogens is 2. The summed E-state index contributed by atoms with van der Waals surface area (Å²) in [6.45, 7) is 4.70. The van der Waals surface area contributed by atoms with Crippen molar-refractivity contribution in [1.29, 1.82) is 0 Å². The molecule has 2 heterocycles. The first-order chi connectivity index (χ1) is 21.6. The van der Waals surface area contributed by atoms with Gasteiger partial charge in [-0.3, -0.25) is 0 Å². The fourth-order valence-corrected chi connectivity index (χ4v) is 7.22. The van der Waals surface area contributed by atoms with Crippen LogP contribution in [-0.2, 0) is 5.41 Å². The number of benzene rings is 6. The van der Waals surface area contributed by atoms with Gasteiger partial charge in [-0.05, 0) is 56.3 Å². The molecule has 3 nitrogen and oxygen atoms in total. The van der Waals surface area contributed by atoms with Crippen molar-refractivity contribution >= 4 is 32.8 Å². The summed E-state index contributed by atoms with van der Waals surface area (Å²) in [6, 6.07) is 47.1. The van der Waals surface area contributed by atoms with Gasteiger partial charge in [0.1, 0.15) is 16.8 Å². The Kier molecular flexibility index (Phi) is 5.24. The molecule has 0 amide bonds. The van der Waals surface area contributed by atoms with Gasteiger partial charge in [-0.15, -0.1) is 0 Å². The van der Waals surface area contributed by atoms with Gasteiger partial charge in [0, 0.05) is 21.9 Å². The van der Waals surface area contributed by atoms with E-state index in [9.17, 15) is 0 Å². The van der Waals surface area contributed by atoms with Crippen LogP contribution in [0.4, 0.5) is 0 Å². The Bertz CT molecular complexity index is 2400. The van der Waals surface area contributed by atoms with Gasteiger partial charge < -0.3 is 4.42 Å². The number of hydrogen-bond donors (Lipinski definition) is 0. The monoisotopic (exact) mass is 564 g/mol. The summed E-state index contributed by atoms with van der Waals surface area (Å²) in [4.78, 5) is 10.1. The normalized spacial score (nSPS) is 13.4. The van der Waals surface area contributed by atoms with Gasteiger partial charge in [0.2, 0.25) is 0 Å². The number of para-hydroxylation sites is 1. The largest absolute Gasteiger partial charge is 0.452 e. The van der Waals surface area contributed by atoms with Crippen molar-refractivity contribution in [3.8, 4) is 44.9 Å². The molecule has 208 valence electrons. The Morgan fingerprint density at radius 2 is 1.20 bits per heavy atom. The molecule has 44 heavy (non-hydrogen) atoms. The Morgan fingerprint density at radius 3 is 2.07 bits per heavy atom. The second kappa shape index (κ2) is 9.23. The van der Waals surface area contributed by atoms with Crippen LogP contribution in [0, 0.1) is 0 Å². The van der Waals surface area contributed by atoms with Crippen LogP contribution in [0.5, 0.6) is 0 Å². The molecule has 9 rings (SSSR count). The smallest absolute Gasteiger partial charge is 0.180 e. The summed E-state index contributed by atoms with van der Waals surface area (Å²) in [5.41, 5.74) is 13.0. The zero-order valence-electron chi connectivity index (χ0n) is 24.5. The maximum atomic E-state index is 6.29. The van der Waals surface area contributed by atoms with Crippen molar-refractivity contribution in [3.63, 3.8) is 0 Å². The van der Waals surface area contributed by atoms with Crippen molar-refractivity contribution < 1.29 is 4.42 Å². The minimum absolute atomic E-state index is 0.0579. The quantitative estimate of drug-likeness (QED) is 0.214. The van der Waals surface area contributed by atoms with E-state index in [1.54, 1.807) is 0 Å². The lowest BCUT2D eigenvalue weighted by atomic mass is 9.79. The minimum atomic E-state index is -0.0579. The van der Waals surface area contributed by atoms with Gasteiger partial charge >= 0.3 is 0 Å². The molecule has 0 saturated carbocycles. The summed E-state index contributed by atoms with van der Waals surface area (Å²) in [7, 11) is 0. The highest BCUT2D eigenvalue weighted by molar-refractivity contribution is 6.07. The van der Waals surface area contributed by atoms with E-state index in [-0.39, 0.29) is 5.41 Å². The van der Waals surface area contributed by atoms with Gasteiger partial charge in [0.15, 0.2) is 11.4 Å². The standard InChI is InChI=1S/C41H28N2O/c1-41(2)34-17-8-6-13-30(34)32-24-23-29-28(15-10-16-31(29)36(32)41)25-19-21-27(22-20-25)40-42-37(26-11-4-3-5-12-26)39-38(43-40)33-14-7-9-18-35(33)44-39/h3-24H,1-2H3. The topological polar surface area (TPSA) is 38.9 Å². The van der Waals surface area contributed by atoms with E-state index < -0.39 is 0 Å². The third-order valence-corrected chi connectivity index (χ3v) is 9.30. The molecule has 0 radical (unpaired) electrons. The molecule has 0 saturated heterocycles. The predicted molar refractivity (Wildman–Crippen MR) is 181 cm³/mol. The highest BCUT2D eigenvalue weighted by Gasteiger charge is 2.36. The molecule has 0 fully saturated rings. The van der Waals surface area contributed by atoms with Crippen molar-refractivity contribution in [3.05, 3.63) is 145 Å². The van der Waals surface area contributed by atoms with Gasteiger partial charge in [-0.25, -0.2) is 9.97 Å². The van der Waals surface area contributed by atoms with E-state index in [0.29, 0.717) is 11.4 Å². The summed E-state index contributed by atoms with van der Waals surface area (Å²) in [6.07, 6.45) is 0. The number of nitrogens with zero attached hydrogens (tertiary/aromatic N) is 2. The van der Waals surface area contributed by atoms with Gasteiger partial charge in [-0.2, -0.15) is 0 Å². The van der Waals surface area contributed by atoms with Crippen LogP contribution in [0.1, 0.15) is 25.0 Å². The van der Waals surface area contributed by atoms with E-state index in [2.05, 4.69) is 111 Å². The van der Waals surface area contributed by atoms with E-state index in [1.807, 2.05) is 36.4 Å². The summed E-state index contributed by atoms with van der Waals surface area (Å²) in [5, 5.41) is 3.58. The average Bonchev–Trinajstić information content (AvgIpc) is 3.57. The lowest BCUT2D eigenvalue weighted by Crippen LogP contribution is -2.15. The molecular weight excluding hydrogens is 536 g/mol. The molecule has 0 atom stereocenters. The maximum absolute atomic E-state index is 6.29. The first kappa shape index (κ1) is 25.0. The van der Waals surface area contributed by atoms with Crippen LogP contribution < -0.4 is 0 Å². The zero-order valence-corrected chi connectivity index (χ0v) is 24.5. The lowest BCUT2D eigenvalue weighted by molar-refractivity contribution is 0.666. The highest BCUT2D eigenvalue weighted by Crippen LogP contribution is 2.52. The van der Waals surface area contributed by atoms with E-state index in [0.717, 1.165) is 33.3 Å². The third-order valence-electron chi connectivity index (χ3n) is 9.30. The fraction of sp³-hybridized carbons (Fsp3) is 0.0732. The Morgan fingerprint density at radius 1 is 0.500 bits per heavy atom. The lowest BCUT2D eigenvalue weighted by Gasteiger charge is -2.23. The molecule has 0 bridgehead atoms. The van der Waals surface area contributed by atoms with Crippen LogP contribution in [0.25, 0.3) is 77.7 Å². The van der Waals surface area contributed by atoms with Crippen LogP contribution in [0.15, 0.2) is 138 Å². The number of furan rings is 1. The Hall–Kier alpha value is -5.54. The van der Waals surface area contributed by atoms with Crippen molar-refractivity contribution in [1.82, 2.24) is 9.97 Å². The zero-order chi connectivity index (χ0) is 29.4. The Labute approximate surface area is 255 Å². The molecule has 0 spiro atoms. The summed E-state index contributed by atoms with van der Waals surface area (Å²) >= 11 is 0. The summed E-state index contributed by atoms with van der Waals surface area (Å²) in [5.74, 6) is 0.685. The van der Waals surface area contributed by atoms with E-state index in [4.69, 9.17) is 14.4 Å². The fourth-order valence-electron chi connectivity index (χ4n) is 7.22. The first-order valence-corrected chi connectivity index (χ1v) is 15.1. The summed E-state index contributed by atoms with van der Waals surface area (Å²) < 4.78 is 6.29. The van der Waals surface area contributed by atoms with Crippen LogP contribution in [0.2, 0.25) is 0 Å². The van der Waals surface area contributed by atoms with E-state index in [1.165, 1.54) is 44.2 Å². The maximum Gasteiger partial charge on any atom is 0.180 e. The molecule has 0 N–H and O–H groups in total. The SMILES string of the molecule is CC1(C)c2ccccc2-c2ccc3c(-c4ccc(-c5nc(-c6ccccc6)c6oc7ccccc7c6n5)cc4)cccc3c21. The van der Waals surface area contributed by atoms with Crippen molar-refractivity contribution in [2.45, 2.75) is 19.3 Å². The number of rotatable bonds is 3.